The predicted octanol–water partition coefficient (Wildman–Crippen LogP) is 3.42. The molecule has 0 saturated carbocycles. The quantitative estimate of drug-likeness (QED) is 0.750. The van der Waals surface area contributed by atoms with Gasteiger partial charge in [-0.1, -0.05) is 18.2 Å². The van der Waals surface area contributed by atoms with Gasteiger partial charge < -0.3 is 5.32 Å². The van der Waals surface area contributed by atoms with E-state index < -0.39 is 0 Å². The molecular formula is C14H11N3OS2. The zero-order valence-electron chi connectivity index (χ0n) is 10.4. The van der Waals surface area contributed by atoms with Crippen LogP contribution in [-0.2, 0) is 4.79 Å². The first-order valence-electron chi connectivity index (χ1n) is 5.99. The summed E-state index contributed by atoms with van der Waals surface area (Å²) < 4.78 is 0. The monoisotopic (exact) mass is 301 g/mol. The summed E-state index contributed by atoms with van der Waals surface area (Å²) in [6.07, 6.45) is 1.47. The fraction of sp³-hybridized carbons (Fsp3) is 0.0714. The van der Waals surface area contributed by atoms with Crippen molar-refractivity contribution in [1.82, 2.24) is 9.97 Å². The van der Waals surface area contributed by atoms with Gasteiger partial charge in [-0.3, -0.25) is 4.79 Å². The van der Waals surface area contributed by atoms with E-state index in [1.807, 2.05) is 41.8 Å². The van der Waals surface area contributed by atoms with Gasteiger partial charge in [-0.15, -0.1) is 23.1 Å². The molecule has 100 valence electrons. The van der Waals surface area contributed by atoms with E-state index in [1.54, 1.807) is 0 Å². The highest BCUT2D eigenvalue weighted by Gasteiger charge is 2.08. The first kappa shape index (κ1) is 13.1. The van der Waals surface area contributed by atoms with Gasteiger partial charge >= 0.3 is 0 Å². The Balaban J connectivity index is 1.66. The van der Waals surface area contributed by atoms with Gasteiger partial charge in [0.15, 0.2) is 0 Å². The van der Waals surface area contributed by atoms with E-state index in [1.165, 1.54) is 29.4 Å². The number of fused-ring (bicyclic) bond motifs is 1. The number of amides is 1. The number of rotatable bonds is 4. The van der Waals surface area contributed by atoms with Gasteiger partial charge in [0, 0.05) is 4.90 Å². The van der Waals surface area contributed by atoms with Crippen molar-refractivity contribution in [3.8, 4) is 0 Å². The minimum Gasteiger partial charge on any atom is -0.309 e. The number of thiophene rings is 1. The van der Waals surface area contributed by atoms with Gasteiger partial charge in [0.25, 0.3) is 0 Å². The van der Waals surface area contributed by atoms with Crippen LogP contribution in [0.2, 0.25) is 0 Å². The summed E-state index contributed by atoms with van der Waals surface area (Å²) in [5.74, 6) is 0.875. The van der Waals surface area contributed by atoms with Gasteiger partial charge in [-0.25, -0.2) is 9.97 Å². The van der Waals surface area contributed by atoms with Crippen molar-refractivity contribution < 1.29 is 4.79 Å². The first-order valence-corrected chi connectivity index (χ1v) is 7.85. The fourth-order valence-corrected chi connectivity index (χ4v) is 3.18. The predicted molar refractivity (Wildman–Crippen MR) is 83.2 cm³/mol. The van der Waals surface area contributed by atoms with Crippen molar-refractivity contribution >= 4 is 45.0 Å². The number of anilines is 1. The zero-order chi connectivity index (χ0) is 13.8. The summed E-state index contributed by atoms with van der Waals surface area (Å²) in [6, 6.07) is 11.8. The highest BCUT2D eigenvalue weighted by Crippen LogP contribution is 2.24. The number of aromatic nitrogens is 2. The molecular weight excluding hydrogens is 290 g/mol. The summed E-state index contributed by atoms with van der Waals surface area (Å²) in [5.41, 5.74) is 0. The summed E-state index contributed by atoms with van der Waals surface area (Å²) in [7, 11) is 0. The van der Waals surface area contributed by atoms with Crippen molar-refractivity contribution in [3.05, 3.63) is 48.1 Å². The van der Waals surface area contributed by atoms with Crippen molar-refractivity contribution in [2.75, 3.05) is 11.1 Å². The summed E-state index contributed by atoms with van der Waals surface area (Å²) in [6.45, 7) is 0. The van der Waals surface area contributed by atoms with E-state index in [0.29, 0.717) is 11.6 Å². The number of thioether (sulfide) groups is 1. The lowest BCUT2D eigenvalue weighted by Crippen LogP contribution is -2.15. The Morgan fingerprint density at radius 1 is 1.20 bits per heavy atom. The Hall–Kier alpha value is -1.92. The number of nitrogens with one attached hydrogen (secondary N) is 1. The molecule has 0 bridgehead atoms. The van der Waals surface area contributed by atoms with Crippen molar-refractivity contribution in [2.24, 2.45) is 0 Å². The molecule has 6 heteroatoms. The molecule has 0 spiro atoms. The molecule has 4 nitrogen and oxygen atoms in total. The smallest absolute Gasteiger partial charge is 0.235 e. The molecule has 20 heavy (non-hydrogen) atoms. The molecule has 0 saturated heterocycles. The first-order chi connectivity index (χ1) is 9.83. The number of benzene rings is 1. The lowest BCUT2D eigenvalue weighted by atomic mass is 10.4. The number of carbonyl (C=O) groups excluding carboxylic acids is 1. The van der Waals surface area contributed by atoms with Crippen molar-refractivity contribution in [1.29, 1.82) is 0 Å². The van der Waals surface area contributed by atoms with Gasteiger partial charge in [-0.2, -0.15) is 0 Å². The highest BCUT2D eigenvalue weighted by atomic mass is 32.2. The highest BCUT2D eigenvalue weighted by molar-refractivity contribution is 8.00. The van der Waals surface area contributed by atoms with Crippen LogP contribution in [0.1, 0.15) is 0 Å². The number of hydrogen-bond donors (Lipinski definition) is 1. The molecule has 2 aromatic heterocycles. The molecule has 0 unspecified atom stereocenters. The van der Waals surface area contributed by atoms with E-state index in [4.69, 9.17) is 0 Å². The number of carbonyl (C=O) groups is 1. The minimum atomic E-state index is -0.0648. The lowest BCUT2D eigenvalue weighted by Gasteiger charge is -2.05. The van der Waals surface area contributed by atoms with Crippen LogP contribution in [0.15, 0.2) is 53.0 Å². The van der Waals surface area contributed by atoms with Crippen LogP contribution < -0.4 is 5.32 Å². The molecule has 0 aliphatic carbocycles. The molecule has 1 aromatic carbocycles. The fourth-order valence-electron chi connectivity index (χ4n) is 1.72. The number of hydrogen-bond acceptors (Lipinski definition) is 5. The summed E-state index contributed by atoms with van der Waals surface area (Å²) >= 11 is 3.03. The molecule has 3 rings (SSSR count). The van der Waals surface area contributed by atoms with Crippen molar-refractivity contribution in [3.63, 3.8) is 0 Å². The van der Waals surface area contributed by atoms with E-state index >= 15 is 0 Å². The number of nitrogens with zero attached hydrogens (tertiary/aromatic N) is 2. The molecule has 1 amide bonds. The van der Waals surface area contributed by atoms with Crippen LogP contribution in [0.3, 0.4) is 0 Å². The Bertz CT molecular complexity index is 727. The van der Waals surface area contributed by atoms with E-state index in [2.05, 4.69) is 15.3 Å². The average molecular weight is 301 g/mol. The van der Waals surface area contributed by atoms with E-state index in [0.717, 1.165) is 15.1 Å². The molecule has 0 aliphatic rings. The maximum Gasteiger partial charge on any atom is 0.235 e. The van der Waals surface area contributed by atoms with Gasteiger partial charge in [-0.05, 0) is 23.6 Å². The molecule has 3 aromatic rings. The van der Waals surface area contributed by atoms with Gasteiger partial charge in [0.05, 0.1) is 11.1 Å². The van der Waals surface area contributed by atoms with Crippen LogP contribution in [0.5, 0.6) is 0 Å². The summed E-state index contributed by atoms with van der Waals surface area (Å²) in [4.78, 5) is 22.2. The van der Waals surface area contributed by atoms with Crippen LogP contribution >= 0.6 is 23.1 Å². The second-order valence-electron chi connectivity index (χ2n) is 4.01. The Morgan fingerprint density at radius 2 is 2.05 bits per heavy atom. The Labute approximate surface area is 124 Å². The third-order valence-corrected chi connectivity index (χ3v) is 4.47. The van der Waals surface area contributed by atoms with E-state index in [-0.39, 0.29) is 5.91 Å². The van der Waals surface area contributed by atoms with Crippen molar-refractivity contribution in [2.45, 2.75) is 4.90 Å². The van der Waals surface area contributed by atoms with Crippen LogP contribution in [0.25, 0.3) is 10.2 Å². The summed E-state index contributed by atoms with van der Waals surface area (Å²) in [5, 5.41) is 5.66. The molecule has 0 fully saturated rings. The van der Waals surface area contributed by atoms with Crippen LogP contribution in [-0.4, -0.2) is 21.6 Å². The average Bonchev–Trinajstić information content (AvgIpc) is 2.96. The largest absolute Gasteiger partial charge is 0.309 e. The minimum absolute atomic E-state index is 0.0648. The van der Waals surface area contributed by atoms with Gasteiger partial charge in [0.1, 0.15) is 17.0 Å². The molecule has 2 heterocycles. The molecule has 0 radical (unpaired) electrons. The van der Waals surface area contributed by atoms with Gasteiger partial charge in [0.2, 0.25) is 5.91 Å². The lowest BCUT2D eigenvalue weighted by molar-refractivity contribution is -0.113. The second-order valence-corrected chi connectivity index (χ2v) is 5.95. The standard InChI is InChI=1S/C14H11N3OS2/c18-12(8-20-10-4-2-1-3-5-10)17-13-11-6-7-19-14(11)16-9-15-13/h1-7,9H,8H2,(H,15,16,17,18). The third kappa shape index (κ3) is 2.97. The maximum atomic E-state index is 12.0. The van der Waals surface area contributed by atoms with Crippen LogP contribution in [0, 0.1) is 0 Å². The van der Waals surface area contributed by atoms with E-state index in [9.17, 15) is 4.79 Å². The third-order valence-electron chi connectivity index (χ3n) is 2.63. The molecule has 0 atom stereocenters. The SMILES string of the molecule is O=C(CSc1ccccc1)Nc1ncnc2sccc12. The molecule has 0 aliphatic heterocycles. The normalized spacial score (nSPS) is 10.6. The van der Waals surface area contributed by atoms with Crippen LogP contribution in [0.4, 0.5) is 5.82 Å². The Morgan fingerprint density at radius 3 is 2.90 bits per heavy atom. The molecule has 1 N–H and O–H groups in total. The second kappa shape index (κ2) is 6.02. The Kier molecular flexibility index (Phi) is 3.94. The topological polar surface area (TPSA) is 54.9 Å². The zero-order valence-corrected chi connectivity index (χ0v) is 12.1. The maximum absolute atomic E-state index is 12.0.